The Morgan fingerprint density at radius 1 is 1.03 bits per heavy atom. The highest BCUT2D eigenvalue weighted by Crippen LogP contribution is 2.45. The van der Waals surface area contributed by atoms with Crippen molar-refractivity contribution < 1.29 is 23.5 Å². The van der Waals surface area contributed by atoms with Gasteiger partial charge >= 0.3 is 5.97 Å². The molecular weight excluding hydrogens is 451 g/mol. The molecule has 3 aliphatic heterocycles. The molecule has 0 unspecified atom stereocenters. The van der Waals surface area contributed by atoms with Crippen molar-refractivity contribution in [3.63, 3.8) is 0 Å². The number of carbonyl (C=O) groups excluding carboxylic acids is 3. The van der Waals surface area contributed by atoms with Crippen molar-refractivity contribution in [1.29, 1.82) is 0 Å². The molecule has 2 amide bonds. The molecule has 3 heterocycles. The molecule has 1 aliphatic carbocycles. The Labute approximate surface area is 205 Å². The lowest BCUT2D eigenvalue weighted by atomic mass is 9.75. The molecule has 1 aromatic carbocycles. The Bertz CT molecular complexity index is 964. The number of carbonyl (C=O) groups is 3. The molecule has 5 rings (SSSR count). The first-order chi connectivity index (χ1) is 16.8. The van der Waals surface area contributed by atoms with Gasteiger partial charge in [-0.1, -0.05) is 0 Å². The third kappa shape index (κ3) is 5.01. The fourth-order valence-corrected chi connectivity index (χ4v) is 5.91. The lowest BCUT2D eigenvalue weighted by Gasteiger charge is -2.38. The number of nitrogens with one attached hydrogen (secondary N) is 1. The molecule has 8 nitrogen and oxygen atoms in total. The highest BCUT2D eigenvalue weighted by molar-refractivity contribution is 5.94. The van der Waals surface area contributed by atoms with Crippen LogP contribution in [-0.4, -0.2) is 85.0 Å². The highest BCUT2D eigenvalue weighted by atomic mass is 19.1. The van der Waals surface area contributed by atoms with E-state index in [1.807, 2.05) is 17.0 Å². The van der Waals surface area contributed by atoms with Crippen LogP contribution >= 0.6 is 0 Å². The van der Waals surface area contributed by atoms with Gasteiger partial charge in [-0.3, -0.25) is 19.3 Å². The molecule has 0 radical (unpaired) electrons. The van der Waals surface area contributed by atoms with Crippen LogP contribution in [-0.2, 0) is 19.1 Å². The van der Waals surface area contributed by atoms with Crippen molar-refractivity contribution in [3.05, 3.63) is 30.1 Å². The summed E-state index contributed by atoms with van der Waals surface area (Å²) in [6, 6.07) is 6.65. The second-order valence-electron chi connectivity index (χ2n) is 10.7. The van der Waals surface area contributed by atoms with Crippen LogP contribution in [0.4, 0.5) is 10.1 Å². The number of hydrogen-bond donors (Lipinski definition) is 1. The van der Waals surface area contributed by atoms with Crippen LogP contribution < -0.4 is 10.2 Å². The van der Waals surface area contributed by atoms with Crippen molar-refractivity contribution in [2.24, 2.45) is 5.41 Å². The Balaban J connectivity index is 1.07. The molecule has 0 bridgehead atoms. The quantitative estimate of drug-likeness (QED) is 0.619. The lowest BCUT2D eigenvalue weighted by molar-refractivity contribution is -0.153. The Morgan fingerprint density at radius 2 is 1.69 bits per heavy atom. The van der Waals surface area contributed by atoms with E-state index in [0.29, 0.717) is 38.8 Å². The summed E-state index contributed by atoms with van der Waals surface area (Å²) in [6.07, 6.45) is 4.10. The van der Waals surface area contributed by atoms with Gasteiger partial charge < -0.3 is 19.9 Å². The van der Waals surface area contributed by atoms with E-state index in [2.05, 4.69) is 15.1 Å². The number of cyclic esters (lactones) is 1. The Kier molecular flexibility index (Phi) is 6.46. The van der Waals surface area contributed by atoms with E-state index >= 15 is 0 Å². The van der Waals surface area contributed by atoms with Crippen molar-refractivity contribution >= 4 is 23.5 Å². The zero-order valence-corrected chi connectivity index (χ0v) is 20.4. The molecule has 1 aromatic rings. The number of benzene rings is 1. The Hall–Kier alpha value is -2.68. The molecule has 4 fully saturated rings. The molecule has 1 atom stereocenters. The van der Waals surface area contributed by atoms with E-state index < -0.39 is 11.0 Å². The summed E-state index contributed by atoms with van der Waals surface area (Å²) < 4.78 is 19.0. The average molecular weight is 487 g/mol. The summed E-state index contributed by atoms with van der Waals surface area (Å²) in [5.74, 6) is -0.516. The van der Waals surface area contributed by atoms with Gasteiger partial charge in [0.15, 0.2) is 0 Å². The van der Waals surface area contributed by atoms with Gasteiger partial charge in [-0.05, 0) is 56.4 Å². The number of likely N-dealkylation sites (tertiary alicyclic amines) is 1. The summed E-state index contributed by atoms with van der Waals surface area (Å²) >= 11 is 0. The van der Waals surface area contributed by atoms with Crippen LogP contribution in [0.5, 0.6) is 0 Å². The number of rotatable bonds is 6. The normalized spacial score (nSPS) is 25.4. The number of piperidine rings is 1. The second kappa shape index (κ2) is 9.41. The van der Waals surface area contributed by atoms with Crippen LogP contribution in [0.1, 0.15) is 45.4 Å². The molecule has 1 saturated carbocycles. The summed E-state index contributed by atoms with van der Waals surface area (Å²) in [5, 5.41) is 2.82. The highest BCUT2D eigenvalue weighted by Gasteiger charge is 2.55. The van der Waals surface area contributed by atoms with Crippen LogP contribution in [0.15, 0.2) is 24.3 Å². The van der Waals surface area contributed by atoms with E-state index in [0.717, 1.165) is 51.3 Å². The van der Waals surface area contributed by atoms with Crippen molar-refractivity contribution in [1.82, 2.24) is 15.1 Å². The minimum Gasteiger partial charge on any atom is -0.462 e. The second-order valence-corrected chi connectivity index (χ2v) is 10.7. The van der Waals surface area contributed by atoms with Crippen LogP contribution in [0, 0.1) is 11.2 Å². The van der Waals surface area contributed by atoms with Gasteiger partial charge in [-0.15, -0.1) is 0 Å². The minimum absolute atomic E-state index is 0.00903. The van der Waals surface area contributed by atoms with Crippen LogP contribution in [0.25, 0.3) is 0 Å². The van der Waals surface area contributed by atoms with Gasteiger partial charge in [0.2, 0.25) is 11.8 Å². The number of ether oxygens (including phenoxy) is 1. The number of esters is 1. The van der Waals surface area contributed by atoms with Gasteiger partial charge in [0.05, 0.1) is 5.41 Å². The molecule has 1 N–H and O–H groups in total. The molecule has 1 spiro atoms. The zero-order valence-electron chi connectivity index (χ0n) is 20.4. The third-order valence-electron chi connectivity index (χ3n) is 8.24. The molecule has 35 heavy (non-hydrogen) atoms. The predicted octanol–water partition coefficient (Wildman–Crippen LogP) is 1.93. The average Bonchev–Trinajstić information content (AvgIpc) is 3.56. The number of hydrogen-bond acceptors (Lipinski definition) is 6. The van der Waals surface area contributed by atoms with Gasteiger partial charge in [0.1, 0.15) is 17.5 Å². The third-order valence-corrected chi connectivity index (χ3v) is 8.24. The molecule has 0 aromatic heterocycles. The molecule has 3 saturated heterocycles. The first-order valence-corrected chi connectivity index (χ1v) is 12.8. The maximum Gasteiger partial charge on any atom is 0.312 e. The summed E-state index contributed by atoms with van der Waals surface area (Å²) in [7, 11) is 0. The van der Waals surface area contributed by atoms with E-state index in [9.17, 15) is 18.8 Å². The van der Waals surface area contributed by atoms with Gasteiger partial charge in [0, 0.05) is 64.8 Å². The fourth-order valence-electron chi connectivity index (χ4n) is 5.91. The van der Waals surface area contributed by atoms with Gasteiger partial charge in [-0.25, -0.2) is 4.39 Å². The van der Waals surface area contributed by atoms with Gasteiger partial charge in [-0.2, -0.15) is 0 Å². The molecule has 4 aliphatic rings. The van der Waals surface area contributed by atoms with E-state index in [1.54, 1.807) is 0 Å². The van der Waals surface area contributed by atoms with Crippen LogP contribution in [0.3, 0.4) is 0 Å². The SMILES string of the molecule is CC(=O)NC1(C(=O)N2CCC3(CC2)C[C@H](CCN2CCN(c4ccc(F)cc4)CC2)OC3=O)CC1. The first-order valence-electron chi connectivity index (χ1n) is 12.8. The largest absolute Gasteiger partial charge is 0.462 e. The standard InChI is InChI=1S/C26H35FN4O4/c1-19(32)28-26(7-8-26)23(33)31-12-9-25(10-13-31)18-22(35-24(25)34)6-11-29-14-16-30(17-15-29)21-4-2-20(27)3-5-21/h2-5,22H,6-18H2,1H3,(H,28,32)/t22-/m0/s1. The number of halogens is 1. The predicted molar refractivity (Wildman–Crippen MR) is 128 cm³/mol. The van der Waals surface area contributed by atoms with E-state index in [4.69, 9.17) is 4.74 Å². The van der Waals surface area contributed by atoms with E-state index in [1.165, 1.54) is 19.1 Å². The summed E-state index contributed by atoms with van der Waals surface area (Å²) in [4.78, 5) is 43.7. The van der Waals surface area contributed by atoms with Crippen molar-refractivity contribution in [2.75, 3.05) is 50.7 Å². The number of piperazine rings is 1. The number of nitrogens with zero attached hydrogens (tertiary/aromatic N) is 3. The molecular formula is C26H35FN4O4. The summed E-state index contributed by atoms with van der Waals surface area (Å²) in [6.45, 7) is 7.04. The minimum atomic E-state index is -0.713. The molecule has 9 heteroatoms. The molecule has 190 valence electrons. The Morgan fingerprint density at radius 3 is 2.29 bits per heavy atom. The number of amides is 2. The monoisotopic (exact) mass is 486 g/mol. The van der Waals surface area contributed by atoms with E-state index in [-0.39, 0.29) is 29.7 Å². The maximum absolute atomic E-state index is 13.2. The fraction of sp³-hybridized carbons (Fsp3) is 0.654. The van der Waals surface area contributed by atoms with Crippen molar-refractivity contribution in [2.45, 2.75) is 57.1 Å². The van der Waals surface area contributed by atoms with Gasteiger partial charge in [0.25, 0.3) is 0 Å². The van der Waals surface area contributed by atoms with Crippen LogP contribution in [0.2, 0.25) is 0 Å². The smallest absolute Gasteiger partial charge is 0.312 e. The maximum atomic E-state index is 13.2. The van der Waals surface area contributed by atoms with Crippen molar-refractivity contribution in [3.8, 4) is 0 Å². The lowest BCUT2D eigenvalue weighted by Crippen LogP contribution is -2.54. The number of anilines is 1. The first kappa shape index (κ1) is 24.0. The zero-order chi connectivity index (χ0) is 24.6. The topological polar surface area (TPSA) is 82.2 Å². The summed E-state index contributed by atoms with van der Waals surface area (Å²) in [5.41, 5.74) is -0.143.